The molecule has 7 heteroatoms. The fraction of sp³-hybridized carbons (Fsp3) is 0.107. The molecule has 172 valence electrons. The summed E-state index contributed by atoms with van der Waals surface area (Å²) in [5.74, 6) is 0.132. The van der Waals surface area contributed by atoms with Crippen LogP contribution in [0.2, 0.25) is 0 Å². The molecular formula is C28H23N5OS. The number of nitrogens with zero attached hydrogens (tertiary/aromatic N) is 5. The zero-order chi connectivity index (χ0) is 23.8. The highest BCUT2D eigenvalue weighted by Gasteiger charge is 2.19. The van der Waals surface area contributed by atoms with E-state index in [2.05, 4.69) is 29.4 Å². The van der Waals surface area contributed by atoms with Crippen LogP contribution in [0.3, 0.4) is 0 Å². The van der Waals surface area contributed by atoms with E-state index >= 15 is 0 Å². The first-order valence-corrected chi connectivity index (χ1v) is 12.3. The molecule has 6 aromatic rings. The number of hydrogen-bond donors (Lipinski definition) is 1. The molecule has 6 rings (SSSR count). The average molecular weight is 478 g/mol. The summed E-state index contributed by atoms with van der Waals surface area (Å²) < 4.78 is 3.62. The number of rotatable bonds is 6. The summed E-state index contributed by atoms with van der Waals surface area (Å²) in [6.45, 7) is 0. The van der Waals surface area contributed by atoms with Crippen molar-refractivity contribution in [3.8, 4) is 27.7 Å². The third-order valence-electron chi connectivity index (χ3n) is 6.10. The molecule has 4 heterocycles. The molecule has 0 aliphatic rings. The molecule has 0 radical (unpaired) electrons. The van der Waals surface area contributed by atoms with Gasteiger partial charge in [-0.25, -0.2) is 9.97 Å². The van der Waals surface area contributed by atoms with Gasteiger partial charge in [0.25, 0.3) is 0 Å². The lowest BCUT2D eigenvalue weighted by Gasteiger charge is -2.08. The van der Waals surface area contributed by atoms with Gasteiger partial charge in [0.15, 0.2) is 5.65 Å². The molecule has 0 unspecified atom stereocenters. The van der Waals surface area contributed by atoms with Gasteiger partial charge in [-0.1, -0.05) is 66.7 Å². The largest absolute Gasteiger partial charge is 0.493 e. The first-order valence-electron chi connectivity index (χ1n) is 11.4. The summed E-state index contributed by atoms with van der Waals surface area (Å²) in [5, 5.41) is 17.9. The summed E-state index contributed by atoms with van der Waals surface area (Å²) in [4.78, 5) is 11.0. The molecular weight excluding hydrogens is 454 g/mol. The van der Waals surface area contributed by atoms with Gasteiger partial charge in [-0.05, 0) is 23.1 Å². The van der Waals surface area contributed by atoms with Crippen molar-refractivity contribution in [1.29, 1.82) is 0 Å². The van der Waals surface area contributed by atoms with Gasteiger partial charge in [0, 0.05) is 37.3 Å². The third-order valence-corrected chi connectivity index (χ3v) is 7.00. The molecule has 0 saturated carbocycles. The second-order valence-corrected chi connectivity index (χ2v) is 9.42. The highest BCUT2D eigenvalue weighted by molar-refractivity contribution is 7.13. The number of thiophene rings is 1. The molecule has 2 aromatic carbocycles. The van der Waals surface area contributed by atoms with E-state index in [0.717, 1.165) is 38.8 Å². The topological polar surface area (TPSA) is 68.2 Å². The molecule has 1 N–H and O–H groups in total. The first-order chi connectivity index (χ1) is 17.2. The molecule has 0 aliphatic heterocycles. The van der Waals surface area contributed by atoms with E-state index in [1.807, 2.05) is 77.9 Å². The lowest BCUT2D eigenvalue weighted by molar-refractivity contribution is 0.441. The van der Waals surface area contributed by atoms with Gasteiger partial charge in [-0.15, -0.1) is 11.3 Å². The number of aryl methyl sites for hydroxylation is 1. The Balaban J connectivity index is 1.45. The first kappa shape index (κ1) is 21.3. The van der Waals surface area contributed by atoms with Gasteiger partial charge in [-0.2, -0.15) is 5.10 Å². The van der Waals surface area contributed by atoms with Crippen molar-refractivity contribution >= 4 is 17.0 Å². The van der Waals surface area contributed by atoms with Gasteiger partial charge in [0.1, 0.15) is 11.4 Å². The second kappa shape index (κ2) is 8.85. The average Bonchev–Trinajstić information content (AvgIpc) is 3.62. The Morgan fingerprint density at radius 2 is 1.60 bits per heavy atom. The zero-order valence-corrected chi connectivity index (χ0v) is 20.0. The Hall–Kier alpha value is -4.23. The van der Waals surface area contributed by atoms with Crippen molar-refractivity contribution in [3.63, 3.8) is 0 Å². The Bertz CT molecular complexity index is 1600. The van der Waals surface area contributed by atoms with E-state index in [1.54, 1.807) is 15.7 Å². The van der Waals surface area contributed by atoms with Crippen LogP contribution in [0.4, 0.5) is 0 Å². The fourth-order valence-electron chi connectivity index (χ4n) is 4.31. The lowest BCUT2D eigenvalue weighted by atomic mass is 10.1. The molecule has 0 amide bonds. The van der Waals surface area contributed by atoms with Crippen molar-refractivity contribution in [2.45, 2.75) is 12.8 Å². The SMILES string of the molecule is Cn1nc(-c2cccs2)cc1Cc1nc2c(Cc3ccccc3)nc(-c3ccccc3)cn2c1O. The van der Waals surface area contributed by atoms with Crippen molar-refractivity contribution in [2.75, 3.05) is 0 Å². The summed E-state index contributed by atoms with van der Waals surface area (Å²) >= 11 is 1.66. The number of benzene rings is 2. The number of fused-ring (bicyclic) bond motifs is 1. The van der Waals surface area contributed by atoms with Crippen LogP contribution in [-0.2, 0) is 19.9 Å². The Kier molecular flexibility index (Phi) is 5.39. The van der Waals surface area contributed by atoms with Gasteiger partial charge in [0.05, 0.1) is 16.3 Å². The third kappa shape index (κ3) is 4.11. The quantitative estimate of drug-likeness (QED) is 0.332. The van der Waals surface area contributed by atoms with Crippen LogP contribution in [0, 0.1) is 0 Å². The normalized spacial score (nSPS) is 11.3. The molecule has 0 atom stereocenters. The summed E-state index contributed by atoms with van der Waals surface area (Å²) in [6.07, 6.45) is 2.95. The van der Waals surface area contributed by atoms with Crippen molar-refractivity contribution in [2.24, 2.45) is 7.05 Å². The molecule has 0 saturated heterocycles. The standard InChI is InChI=1S/C28H23N5OS/c1-32-21(16-22(31-32)26-13-8-14-35-26)17-24-28(34)33-18-25(20-11-6-3-7-12-20)29-23(27(33)30-24)15-19-9-4-2-5-10-19/h2-14,16,18,34H,15,17H2,1H3. The van der Waals surface area contributed by atoms with Gasteiger partial charge < -0.3 is 5.11 Å². The maximum Gasteiger partial charge on any atom is 0.219 e. The molecule has 4 aromatic heterocycles. The predicted octanol–water partition coefficient (Wildman–Crippen LogP) is 5.75. The van der Waals surface area contributed by atoms with Crippen LogP contribution in [0.1, 0.15) is 22.6 Å². The fourth-order valence-corrected chi connectivity index (χ4v) is 4.99. The summed E-state index contributed by atoms with van der Waals surface area (Å²) in [6, 6.07) is 26.4. The monoisotopic (exact) mass is 477 g/mol. The molecule has 0 fully saturated rings. The Morgan fingerprint density at radius 1 is 0.829 bits per heavy atom. The van der Waals surface area contributed by atoms with Crippen molar-refractivity contribution < 1.29 is 5.11 Å². The molecule has 0 spiro atoms. The molecule has 35 heavy (non-hydrogen) atoms. The van der Waals surface area contributed by atoms with Crippen LogP contribution in [0.5, 0.6) is 5.88 Å². The van der Waals surface area contributed by atoms with E-state index in [4.69, 9.17) is 9.97 Å². The van der Waals surface area contributed by atoms with Crippen LogP contribution in [-0.4, -0.2) is 29.3 Å². The minimum absolute atomic E-state index is 0.132. The van der Waals surface area contributed by atoms with E-state index < -0.39 is 0 Å². The number of aromatic hydroxyl groups is 1. The van der Waals surface area contributed by atoms with Crippen LogP contribution >= 0.6 is 11.3 Å². The predicted molar refractivity (Wildman–Crippen MR) is 139 cm³/mol. The van der Waals surface area contributed by atoms with Crippen LogP contribution in [0.15, 0.2) is 90.4 Å². The van der Waals surface area contributed by atoms with Crippen LogP contribution < -0.4 is 0 Å². The lowest BCUT2D eigenvalue weighted by Crippen LogP contribution is -2.01. The molecule has 6 nitrogen and oxygen atoms in total. The zero-order valence-electron chi connectivity index (χ0n) is 19.2. The van der Waals surface area contributed by atoms with Gasteiger partial charge >= 0.3 is 0 Å². The van der Waals surface area contributed by atoms with E-state index in [1.165, 1.54) is 0 Å². The highest BCUT2D eigenvalue weighted by Crippen LogP contribution is 2.30. The second-order valence-electron chi connectivity index (χ2n) is 8.48. The van der Waals surface area contributed by atoms with Crippen molar-refractivity contribution in [3.05, 3.63) is 113 Å². The van der Waals surface area contributed by atoms with Gasteiger partial charge in [-0.3, -0.25) is 9.08 Å². The minimum Gasteiger partial charge on any atom is -0.493 e. The van der Waals surface area contributed by atoms with Gasteiger partial charge in [0.2, 0.25) is 5.88 Å². The number of hydrogen-bond acceptors (Lipinski definition) is 5. The minimum atomic E-state index is 0.132. The summed E-state index contributed by atoms with van der Waals surface area (Å²) in [7, 11) is 1.93. The summed E-state index contributed by atoms with van der Waals surface area (Å²) in [5.41, 5.74) is 6.93. The maximum atomic E-state index is 11.2. The Morgan fingerprint density at radius 3 is 2.34 bits per heavy atom. The maximum absolute atomic E-state index is 11.2. The Labute approximate surface area is 206 Å². The molecule has 0 aliphatic carbocycles. The van der Waals surface area contributed by atoms with Crippen molar-refractivity contribution in [1.82, 2.24) is 24.1 Å². The van der Waals surface area contributed by atoms with E-state index in [0.29, 0.717) is 24.2 Å². The number of aromatic nitrogens is 5. The van der Waals surface area contributed by atoms with E-state index in [9.17, 15) is 5.11 Å². The highest BCUT2D eigenvalue weighted by atomic mass is 32.1. The van der Waals surface area contributed by atoms with E-state index in [-0.39, 0.29) is 5.88 Å². The number of imidazole rings is 1. The molecule has 0 bridgehead atoms. The van der Waals surface area contributed by atoms with Crippen LogP contribution in [0.25, 0.3) is 27.5 Å². The smallest absolute Gasteiger partial charge is 0.219 e.